The SMILES string of the molecule is O[C@H]1CCC[C@@H]1Nc1ccc(Br)cc1C(F)(F)F. The van der Waals surface area contributed by atoms with Gasteiger partial charge in [0.05, 0.1) is 17.7 Å². The van der Waals surface area contributed by atoms with Crippen molar-refractivity contribution in [3.8, 4) is 0 Å². The Morgan fingerprint density at radius 2 is 2.00 bits per heavy atom. The molecule has 6 heteroatoms. The van der Waals surface area contributed by atoms with Crippen LogP contribution in [0.1, 0.15) is 24.8 Å². The summed E-state index contributed by atoms with van der Waals surface area (Å²) in [4.78, 5) is 0. The van der Waals surface area contributed by atoms with Crippen molar-refractivity contribution in [1.29, 1.82) is 0 Å². The van der Waals surface area contributed by atoms with E-state index in [0.717, 1.165) is 12.5 Å². The average Bonchev–Trinajstić information content (AvgIpc) is 2.66. The van der Waals surface area contributed by atoms with Gasteiger partial charge in [-0.05, 0) is 37.5 Å². The summed E-state index contributed by atoms with van der Waals surface area (Å²) in [6.45, 7) is 0. The minimum Gasteiger partial charge on any atom is -0.391 e. The highest BCUT2D eigenvalue weighted by Crippen LogP contribution is 2.37. The third-order valence-corrected chi connectivity index (χ3v) is 3.60. The van der Waals surface area contributed by atoms with Crippen molar-refractivity contribution >= 4 is 21.6 Å². The highest BCUT2D eigenvalue weighted by Gasteiger charge is 2.35. The van der Waals surface area contributed by atoms with Gasteiger partial charge in [0.25, 0.3) is 0 Å². The Labute approximate surface area is 111 Å². The van der Waals surface area contributed by atoms with Gasteiger partial charge < -0.3 is 10.4 Å². The molecule has 0 spiro atoms. The predicted octanol–water partition coefficient (Wildman–Crippen LogP) is 3.79. The Bertz CT molecular complexity index is 436. The van der Waals surface area contributed by atoms with Gasteiger partial charge >= 0.3 is 6.18 Å². The van der Waals surface area contributed by atoms with Gasteiger partial charge in [-0.15, -0.1) is 0 Å². The van der Waals surface area contributed by atoms with E-state index in [1.54, 1.807) is 6.07 Å². The van der Waals surface area contributed by atoms with E-state index in [1.165, 1.54) is 6.07 Å². The molecule has 1 aromatic rings. The molecule has 1 aromatic carbocycles. The Hall–Kier alpha value is -0.750. The molecule has 100 valence electrons. The van der Waals surface area contributed by atoms with Crippen LogP contribution in [0, 0.1) is 0 Å². The zero-order valence-electron chi connectivity index (χ0n) is 9.47. The van der Waals surface area contributed by atoms with Crippen molar-refractivity contribution in [1.82, 2.24) is 0 Å². The second-order valence-corrected chi connectivity index (χ2v) is 5.35. The minimum absolute atomic E-state index is 0.0247. The summed E-state index contributed by atoms with van der Waals surface area (Å²) in [7, 11) is 0. The maximum absolute atomic E-state index is 12.9. The van der Waals surface area contributed by atoms with Crippen LogP contribution in [0.25, 0.3) is 0 Å². The van der Waals surface area contributed by atoms with Crippen LogP contribution in [-0.2, 0) is 6.18 Å². The van der Waals surface area contributed by atoms with E-state index >= 15 is 0 Å². The van der Waals surface area contributed by atoms with E-state index in [9.17, 15) is 18.3 Å². The van der Waals surface area contributed by atoms with Crippen molar-refractivity contribution in [2.24, 2.45) is 0 Å². The smallest absolute Gasteiger partial charge is 0.391 e. The molecule has 1 saturated carbocycles. The predicted molar refractivity (Wildman–Crippen MR) is 66.4 cm³/mol. The van der Waals surface area contributed by atoms with Crippen LogP contribution >= 0.6 is 15.9 Å². The Morgan fingerprint density at radius 3 is 2.56 bits per heavy atom. The minimum atomic E-state index is -4.41. The van der Waals surface area contributed by atoms with Crippen LogP contribution in [-0.4, -0.2) is 17.3 Å². The maximum Gasteiger partial charge on any atom is 0.418 e. The van der Waals surface area contributed by atoms with Crippen LogP contribution in [0.2, 0.25) is 0 Å². The number of alkyl halides is 3. The standard InChI is InChI=1S/C12H13BrF3NO/c13-7-4-5-9(8(6-7)12(14,15)16)17-10-2-1-3-11(10)18/h4-6,10-11,17-18H,1-3H2/t10-,11-/m0/s1. The zero-order chi connectivity index (χ0) is 13.3. The quantitative estimate of drug-likeness (QED) is 0.867. The van der Waals surface area contributed by atoms with Gasteiger partial charge in [-0.3, -0.25) is 0 Å². The van der Waals surface area contributed by atoms with Gasteiger partial charge in [0.2, 0.25) is 0 Å². The lowest BCUT2D eigenvalue weighted by atomic mass is 10.1. The maximum atomic E-state index is 12.9. The van der Waals surface area contributed by atoms with Gasteiger partial charge in [-0.1, -0.05) is 15.9 Å². The third-order valence-electron chi connectivity index (χ3n) is 3.11. The highest BCUT2D eigenvalue weighted by molar-refractivity contribution is 9.10. The fraction of sp³-hybridized carbons (Fsp3) is 0.500. The number of halogens is 4. The second-order valence-electron chi connectivity index (χ2n) is 4.44. The first kappa shape index (κ1) is 13.7. The number of rotatable bonds is 2. The third kappa shape index (κ3) is 2.98. The number of aliphatic hydroxyl groups excluding tert-OH is 1. The van der Waals surface area contributed by atoms with Gasteiger partial charge in [0.15, 0.2) is 0 Å². The summed E-state index contributed by atoms with van der Waals surface area (Å²) in [6.07, 6.45) is -2.83. The van der Waals surface area contributed by atoms with E-state index < -0.39 is 17.8 Å². The molecular formula is C12H13BrF3NO. The Kier molecular flexibility index (Phi) is 3.87. The van der Waals surface area contributed by atoms with E-state index in [0.29, 0.717) is 17.3 Å². The van der Waals surface area contributed by atoms with E-state index in [4.69, 9.17) is 0 Å². The molecule has 0 unspecified atom stereocenters. The lowest BCUT2D eigenvalue weighted by Crippen LogP contribution is -2.29. The molecule has 1 aliphatic rings. The normalized spacial score (nSPS) is 24.3. The zero-order valence-corrected chi connectivity index (χ0v) is 11.1. The van der Waals surface area contributed by atoms with Crippen molar-refractivity contribution in [2.45, 2.75) is 37.6 Å². The fourth-order valence-corrected chi connectivity index (χ4v) is 2.55. The molecule has 1 aliphatic carbocycles. The molecule has 0 bridgehead atoms. The second kappa shape index (κ2) is 5.09. The van der Waals surface area contributed by atoms with Crippen molar-refractivity contribution in [3.05, 3.63) is 28.2 Å². The summed E-state index contributed by atoms with van der Waals surface area (Å²) in [5.74, 6) is 0. The van der Waals surface area contributed by atoms with Gasteiger partial charge in [-0.25, -0.2) is 0 Å². The summed E-state index contributed by atoms with van der Waals surface area (Å²) in [5.41, 5.74) is -0.687. The molecule has 2 nitrogen and oxygen atoms in total. The van der Waals surface area contributed by atoms with E-state index in [2.05, 4.69) is 21.2 Å². The first-order chi connectivity index (χ1) is 8.38. The van der Waals surface area contributed by atoms with Gasteiger partial charge in [0.1, 0.15) is 0 Å². The Balaban J connectivity index is 2.27. The number of benzene rings is 1. The molecule has 0 saturated heterocycles. The largest absolute Gasteiger partial charge is 0.418 e. The number of hydrogen-bond donors (Lipinski definition) is 2. The molecule has 0 heterocycles. The highest BCUT2D eigenvalue weighted by atomic mass is 79.9. The molecular weight excluding hydrogens is 311 g/mol. The fourth-order valence-electron chi connectivity index (χ4n) is 2.19. The lowest BCUT2D eigenvalue weighted by molar-refractivity contribution is -0.137. The molecule has 0 radical (unpaired) electrons. The van der Waals surface area contributed by atoms with Gasteiger partial charge in [0, 0.05) is 10.2 Å². The van der Waals surface area contributed by atoms with E-state index in [-0.39, 0.29) is 11.7 Å². The van der Waals surface area contributed by atoms with Crippen molar-refractivity contribution in [3.63, 3.8) is 0 Å². The average molecular weight is 324 g/mol. The first-order valence-electron chi connectivity index (χ1n) is 5.69. The number of nitrogens with one attached hydrogen (secondary N) is 1. The number of aliphatic hydroxyl groups is 1. The molecule has 2 atom stereocenters. The lowest BCUT2D eigenvalue weighted by Gasteiger charge is -2.21. The topological polar surface area (TPSA) is 32.3 Å². The summed E-state index contributed by atoms with van der Waals surface area (Å²) in [6, 6.07) is 3.69. The van der Waals surface area contributed by atoms with Crippen molar-refractivity contribution < 1.29 is 18.3 Å². The number of hydrogen-bond acceptors (Lipinski definition) is 2. The molecule has 0 aliphatic heterocycles. The monoisotopic (exact) mass is 323 g/mol. The molecule has 0 aromatic heterocycles. The van der Waals surface area contributed by atoms with E-state index in [1.807, 2.05) is 0 Å². The molecule has 2 N–H and O–H groups in total. The van der Waals surface area contributed by atoms with Crippen molar-refractivity contribution in [2.75, 3.05) is 5.32 Å². The van der Waals surface area contributed by atoms with Crippen LogP contribution in [0.5, 0.6) is 0 Å². The molecule has 0 amide bonds. The van der Waals surface area contributed by atoms with Crippen LogP contribution in [0.3, 0.4) is 0 Å². The summed E-state index contributed by atoms with van der Waals surface area (Å²) < 4.78 is 39.0. The molecule has 1 fully saturated rings. The summed E-state index contributed by atoms with van der Waals surface area (Å²) in [5, 5.41) is 12.4. The first-order valence-corrected chi connectivity index (χ1v) is 6.48. The summed E-state index contributed by atoms with van der Waals surface area (Å²) >= 11 is 3.04. The van der Waals surface area contributed by atoms with Gasteiger partial charge in [-0.2, -0.15) is 13.2 Å². The van der Waals surface area contributed by atoms with Crippen LogP contribution in [0.4, 0.5) is 18.9 Å². The van der Waals surface area contributed by atoms with Crippen LogP contribution < -0.4 is 5.32 Å². The van der Waals surface area contributed by atoms with Crippen LogP contribution in [0.15, 0.2) is 22.7 Å². The molecule has 18 heavy (non-hydrogen) atoms. The number of anilines is 1. The Morgan fingerprint density at radius 1 is 1.28 bits per heavy atom. The molecule has 2 rings (SSSR count).